The van der Waals surface area contributed by atoms with Crippen LogP contribution in [0.2, 0.25) is 0 Å². The topological polar surface area (TPSA) is 29.1 Å². The minimum absolute atomic E-state index is 0.138. The fourth-order valence-corrected chi connectivity index (χ4v) is 2.08. The molecule has 0 saturated carbocycles. The van der Waals surface area contributed by atoms with Gasteiger partial charge < -0.3 is 5.32 Å². The van der Waals surface area contributed by atoms with Gasteiger partial charge in [0, 0.05) is 0 Å². The molecular weight excluding hydrogens is 198 g/mol. The molecule has 1 N–H and O–H groups in total. The summed E-state index contributed by atoms with van der Waals surface area (Å²) in [5, 5.41) is 5.37. The number of Topliss-reactive ketones (excluding diaryl/α,β-unsaturated/α-hetero) is 1. The lowest BCUT2D eigenvalue weighted by atomic mass is 9.97. The van der Waals surface area contributed by atoms with Crippen molar-refractivity contribution in [2.24, 2.45) is 0 Å². The molecule has 2 aromatic carbocycles. The van der Waals surface area contributed by atoms with E-state index in [0.29, 0.717) is 0 Å². The molecular formula is C14H15NO. The molecule has 0 heterocycles. The Kier molecular flexibility index (Phi) is 3.02. The normalized spacial score (nSPS) is 12.6. The van der Waals surface area contributed by atoms with Crippen LogP contribution in [0.3, 0.4) is 0 Å². The highest BCUT2D eigenvalue weighted by atomic mass is 16.1. The second-order valence-corrected chi connectivity index (χ2v) is 3.90. The number of rotatable bonds is 3. The number of carbonyl (C=O) groups is 1. The van der Waals surface area contributed by atoms with Crippen LogP contribution in [0, 0.1) is 0 Å². The van der Waals surface area contributed by atoms with E-state index in [-0.39, 0.29) is 11.8 Å². The summed E-state index contributed by atoms with van der Waals surface area (Å²) in [7, 11) is 1.81. The van der Waals surface area contributed by atoms with Crippen molar-refractivity contribution in [3.05, 3.63) is 48.0 Å². The summed E-state index contributed by atoms with van der Waals surface area (Å²) in [5.41, 5.74) is 1.05. The number of nitrogens with one attached hydrogen (secondary N) is 1. The van der Waals surface area contributed by atoms with Crippen molar-refractivity contribution < 1.29 is 4.79 Å². The van der Waals surface area contributed by atoms with Crippen LogP contribution in [0.5, 0.6) is 0 Å². The standard InChI is InChI=1S/C14H15NO/c1-10(16)14(15-2)13-9-5-7-11-6-3-4-8-12(11)13/h3-9,14-15H,1-2H3. The maximum Gasteiger partial charge on any atom is 0.151 e. The summed E-state index contributed by atoms with van der Waals surface area (Å²) in [5.74, 6) is 0.138. The first kappa shape index (κ1) is 10.8. The highest BCUT2D eigenvalue weighted by Gasteiger charge is 2.16. The number of ketones is 1. The molecule has 0 radical (unpaired) electrons. The van der Waals surface area contributed by atoms with Gasteiger partial charge >= 0.3 is 0 Å². The monoisotopic (exact) mass is 213 g/mol. The molecule has 2 aromatic rings. The highest BCUT2D eigenvalue weighted by Crippen LogP contribution is 2.24. The molecule has 82 valence electrons. The average molecular weight is 213 g/mol. The Morgan fingerprint density at radius 2 is 1.81 bits per heavy atom. The summed E-state index contributed by atoms with van der Waals surface area (Å²) < 4.78 is 0. The maximum atomic E-state index is 11.6. The lowest BCUT2D eigenvalue weighted by Crippen LogP contribution is -2.23. The summed E-state index contributed by atoms with van der Waals surface area (Å²) in [6.07, 6.45) is 0. The van der Waals surface area contributed by atoms with Gasteiger partial charge in [-0.05, 0) is 30.3 Å². The fraction of sp³-hybridized carbons (Fsp3) is 0.214. The van der Waals surface area contributed by atoms with Crippen molar-refractivity contribution in [2.75, 3.05) is 7.05 Å². The number of fused-ring (bicyclic) bond motifs is 1. The van der Waals surface area contributed by atoms with Gasteiger partial charge in [-0.1, -0.05) is 42.5 Å². The zero-order valence-corrected chi connectivity index (χ0v) is 9.53. The van der Waals surface area contributed by atoms with E-state index in [9.17, 15) is 4.79 Å². The van der Waals surface area contributed by atoms with Crippen LogP contribution < -0.4 is 5.32 Å². The van der Waals surface area contributed by atoms with Gasteiger partial charge in [0.25, 0.3) is 0 Å². The summed E-state index contributed by atoms with van der Waals surface area (Å²) >= 11 is 0. The zero-order chi connectivity index (χ0) is 11.5. The van der Waals surface area contributed by atoms with Crippen LogP contribution in [0.25, 0.3) is 10.8 Å². The smallest absolute Gasteiger partial charge is 0.151 e. The first-order valence-corrected chi connectivity index (χ1v) is 5.39. The van der Waals surface area contributed by atoms with Gasteiger partial charge in [-0.15, -0.1) is 0 Å². The van der Waals surface area contributed by atoms with Crippen LogP contribution in [0.4, 0.5) is 0 Å². The van der Waals surface area contributed by atoms with Crippen LogP contribution in [-0.2, 0) is 4.79 Å². The quantitative estimate of drug-likeness (QED) is 0.849. The van der Waals surface area contributed by atoms with Crippen molar-refractivity contribution in [3.8, 4) is 0 Å². The summed E-state index contributed by atoms with van der Waals surface area (Å²) in [4.78, 5) is 11.6. The third-order valence-corrected chi connectivity index (χ3v) is 2.83. The molecule has 0 amide bonds. The molecule has 1 atom stereocenters. The van der Waals surface area contributed by atoms with E-state index in [1.54, 1.807) is 6.92 Å². The van der Waals surface area contributed by atoms with E-state index in [0.717, 1.165) is 10.9 Å². The average Bonchev–Trinajstić information content (AvgIpc) is 2.30. The lowest BCUT2D eigenvalue weighted by molar-refractivity contribution is -0.118. The predicted octanol–water partition coefficient (Wildman–Crippen LogP) is 2.69. The van der Waals surface area contributed by atoms with E-state index < -0.39 is 0 Å². The molecule has 2 heteroatoms. The number of hydrogen-bond acceptors (Lipinski definition) is 2. The third kappa shape index (κ3) is 1.84. The zero-order valence-electron chi connectivity index (χ0n) is 9.53. The molecule has 0 fully saturated rings. The van der Waals surface area contributed by atoms with Gasteiger partial charge in [-0.25, -0.2) is 0 Å². The van der Waals surface area contributed by atoms with E-state index >= 15 is 0 Å². The van der Waals surface area contributed by atoms with Gasteiger partial charge in [0.1, 0.15) is 0 Å². The first-order chi connectivity index (χ1) is 7.74. The summed E-state index contributed by atoms with van der Waals surface area (Å²) in [6.45, 7) is 1.61. The Balaban J connectivity index is 2.63. The van der Waals surface area contributed by atoms with Gasteiger partial charge in [0.2, 0.25) is 0 Å². The number of likely N-dealkylation sites (N-methyl/N-ethyl adjacent to an activating group) is 1. The minimum Gasteiger partial charge on any atom is -0.307 e. The van der Waals surface area contributed by atoms with Crippen LogP contribution in [0.1, 0.15) is 18.5 Å². The van der Waals surface area contributed by atoms with Gasteiger partial charge in [0.15, 0.2) is 5.78 Å². The molecule has 16 heavy (non-hydrogen) atoms. The second-order valence-electron chi connectivity index (χ2n) is 3.90. The highest BCUT2D eigenvalue weighted by molar-refractivity contribution is 5.92. The largest absolute Gasteiger partial charge is 0.307 e. The Labute approximate surface area is 95.3 Å². The molecule has 0 spiro atoms. The van der Waals surface area contributed by atoms with E-state index in [1.165, 1.54) is 5.39 Å². The van der Waals surface area contributed by atoms with Crippen molar-refractivity contribution in [2.45, 2.75) is 13.0 Å². The van der Waals surface area contributed by atoms with Crippen molar-refractivity contribution >= 4 is 16.6 Å². The second kappa shape index (κ2) is 4.45. The Hall–Kier alpha value is -1.67. The third-order valence-electron chi connectivity index (χ3n) is 2.83. The molecule has 0 aliphatic carbocycles. The summed E-state index contributed by atoms with van der Waals surface area (Å²) in [6, 6.07) is 14.0. The van der Waals surface area contributed by atoms with Gasteiger partial charge in [-0.2, -0.15) is 0 Å². The Morgan fingerprint density at radius 1 is 1.12 bits per heavy atom. The Morgan fingerprint density at radius 3 is 2.50 bits per heavy atom. The van der Waals surface area contributed by atoms with Crippen LogP contribution >= 0.6 is 0 Å². The molecule has 0 saturated heterocycles. The molecule has 0 aromatic heterocycles. The predicted molar refractivity (Wildman–Crippen MR) is 66.4 cm³/mol. The number of benzene rings is 2. The molecule has 0 aliphatic heterocycles. The fourth-order valence-electron chi connectivity index (χ4n) is 2.08. The van der Waals surface area contributed by atoms with E-state index in [2.05, 4.69) is 23.5 Å². The molecule has 0 aliphatic rings. The van der Waals surface area contributed by atoms with Crippen LogP contribution in [-0.4, -0.2) is 12.8 Å². The van der Waals surface area contributed by atoms with Crippen molar-refractivity contribution in [3.63, 3.8) is 0 Å². The molecule has 2 rings (SSSR count). The van der Waals surface area contributed by atoms with E-state index in [4.69, 9.17) is 0 Å². The number of carbonyl (C=O) groups excluding carboxylic acids is 1. The van der Waals surface area contributed by atoms with Gasteiger partial charge in [0.05, 0.1) is 6.04 Å². The first-order valence-electron chi connectivity index (χ1n) is 5.39. The van der Waals surface area contributed by atoms with E-state index in [1.807, 2.05) is 31.3 Å². The SMILES string of the molecule is CNC(C(C)=O)c1cccc2ccccc12. The Bertz CT molecular complexity index is 514. The minimum atomic E-state index is -0.217. The lowest BCUT2D eigenvalue weighted by Gasteiger charge is -2.15. The van der Waals surface area contributed by atoms with Crippen molar-refractivity contribution in [1.82, 2.24) is 5.32 Å². The maximum absolute atomic E-state index is 11.6. The van der Waals surface area contributed by atoms with Gasteiger partial charge in [-0.3, -0.25) is 4.79 Å². The molecule has 0 bridgehead atoms. The molecule has 2 nitrogen and oxygen atoms in total. The van der Waals surface area contributed by atoms with Crippen LogP contribution in [0.15, 0.2) is 42.5 Å². The molecule has 1 unspecified atom stereocenters. The number of hydrogen-bond donors (Lipinski definition) is 1. The van der Waals surface area contributed by atoms with Crippen molar-refractivity contribution in [1.29, 1.82) is 0 Å².